The molecule has 3 nitrogen and oxygen atoms in total. The summed E-state index contributed by atoms with van der Waals surface area (Å²) in [6.07, 6.45) is 5.35. The summed E-state index contributed by atoms with van der Waals surface area (Å²) < 4.78 is 0. The van der Waals surface area contributed by atoms with Gasteiger partial charge in [-0.3, -0.25) is 0 Å². The van der Waals surface area contributed by atoms with Crippen LogP contribution in [0.4, 0.5) is 0 Å². The SMILES string of the molecule is Oc1cccc(CNC2CCN(C3CC3)CC2)c1. The predicted molar refractivity (Wildman–Crippen MR) is 72.6 cm³/mol. The van der Waals surface area contributed by atoms with E-state index < -0.39 is 0 Å². The molecule has 0 radical (unpaired) electrons. The second-order valence-corrected chi connectivity index (χ2v) is 5.59. The molecule has 1 aromatic carbocycles. The molecule has 3 heteroatoms. The molecule has 1 aliphatic heterocycles. The van der Waals surface area contributed by atoms with Crippen molar-refractivity contribution < 1.29 is 5.11 Å². The molecule has 1 aromatic rings. The first-order valence-corrected chi connectivity index (χ1v) is 7.06. The quantitative estimate of drug-likeness (QED) is 0.854. The molecular formula is C15H22N2O. The van der Waals surface area contributed by atoms with Gasteiger partial charge in [0, 0.05) is 18.6 Å². The lowest BCUT2D eigenvalue weighted by atomic mass is 10.0. The topological polar surface area (TPSA) is 35.5 Å². The van der Waals surface area contributed by atoms with Gasteiger partial charge in [-0.1, -0.05) is 12.1 Å². The maximum Gasteiger partial charge on any atom is 0.115 e. The van der Waals surface area contributed by atoms with Crippen LogP contribution in [0.2, 0.25) is 0 Å². The molecule has 18 heavy (non-hydrogen) atoms. The number of likely N-dealkylation sites (tertiary alicyclic amines) is 1. The summed E-state index contributed by atoms with van der Waals surface area (Å²) in [6.45, 7) is 3.37. The highest BCUT2D eigenvalue weighted by molar-refractivity contribution is 5.26. The summed E-state index contributed by atoms with van der Waals surface area (Å²) in [5.74, 6) is 0.359. The van der Waals surface area contributed by atoms with Crippen molar-refractivity contribution in [2.45, 2.75) is 44.3 Å². The van der Waals surface area contributed by atoms with Crippen molar-refractivity contribution in [3.05, 3.63) is 29.8 Å². The zero-order valence-corrected chi connectivity index (χ0v) is 10.8. The Kier molecular flexibility index (Phi) is 3.52. The van der Waals surface area contributed by atoms with Gasteiger partial charge in [0.1, 0.15) is 5.75 Å². The molecule has 0 bridgehead atoms. The normalized spacial score (nSPS) is 22.2. The smallest absolute Gasteiger partial charge is 0.115 e. The van der Waals surface area contributed by atoms with Gasteiger partial charge in [0.15, 0.2) is 0 Å². The van der Waals surface area contributed by atoms with Crippen LogP contribution >= 0.6 is 0 Å². The average molecular weight is 246 g/mol. The highest BCUT2D eigenvalue weighted by Crippen LogP contribution is 2.29. The standard InChI is InChI=1S/C15H22N2O/c18-15-3-1-2-12(10-15)11-16-13-6-8-17(9-7-13)14-4-5-14/h1-3,10,13-14,16,18H,4-9,11H2. The van der Waals surface area contributed by atoms with Crippen LogP contribution in [0.3, 0.4) is 0 Å². The van der Waals surface area contributed by atoms with E-state index in [1.54, 1.807) is 6.07 Å². The molecule has 0 spiro atoms. The van der Waals surface area contributed by atoms with Gasteiger partial charge in [0.25, 0.3) is 0 Å². The van der Waals surface area contributed by atoms with E-state index in [0.717, 1.165) is 12.6 Å². The molecule has 1 aliphatic carbocycles. The lowest BCUT2D eigenvalue weighted by Gasteiger charge is -2.32. The van der Waals surface area contributed by atoms with Gasteiger partial charge in [-0.05, 0) is 56.5 Å². The average Bonchev–Trinajstić information content (AvgIpc) is 3.21. The Bertz CT molecular complexity index is 395. The summed E-state index contributed by atoms with van der Waals surface area (Å²) in [4.78, 5) is 2.65. The molecule has 2 N–H and O–H groups in total. The zero-order chi connectivity index (χ0) is 12.4. The number of aromatic hydroxyl groups is 1. The van der Waals surface area contributed by atoms with E-state index >= 15 is 0 Å². The Morgan fingerprint density at radius 1 is 1.17 bits per heavy atom. The van der Waals surface area contributed by atoms with E-state index in [9.17, 15) is 5.11 Å². The van der Waals surface area contributed by atoms with Gasteiger partial charge < -0.3 is 15.3 Å². The van der Waals surface area contributed by atoms with Gasteiger partial charge in [0.2, 0.25) is 0 Å². The minimum Gasteiger partial charge on any atom is -0.508 e. The minimum atomic E-state index is 0.359. The van der Waals surface area contributed by atoms with Crippen molar-refractivity contribution in [1.29, 1.82) is 0 Å². The van der Waals surface area contributed by atoms with Crippen molar-refractivity contribution in [3.63, 3.8) is 0 Å². The Morgan fingerprint density at radius 3 is 2.61 bits per heavy atom. The van der Waals surface area contributed by atoms with Gasteiger partial charge in [-0.15, -0.1) is 0 Å². The highest BCUT2D eigenvalue weighted by Gasteiger charge is 2.31. The van der Waals surface area contributed by atoms with E-state index in [0.29, 0.717) is 11.8 Å². The summed E-state index contributed by atoms with van der Waals surface area (Å²) in [6, 6.07) is 9.08. The fraction of sp³-hybridized carbons (Fsp3) is 0.600. The zero-order valence-electron chi connectivity index (χ0n) is 10.8. The Labute approximate surface area is 109 Å². The van der Waals surface area contributed by atoms with Crippen molar-refractivity contribution in [3.8, 4) is 5.75 Å². The van der Waals surface area contributed by atoms with Crippen LogP contribution in [0.15, 0.2) is 24.3 Å². The number of nitrogens with zero attached hydrogens (tertiary/aromatic N) is 1. The monoisotopic (exact) mass is 246 g/mol. The molecule has 0 amide bonds. The van der Waals surface area contributed by atoms with Gasteiger partial charge in [-0.2, -0.15) is 0 Å². The molecule has 2 aliphatic rings. The molecule has 1 saturated heterocycles. The van der Waals surface area contributed by atoms with Crippen molar-refractivity contribution >= 4 is 0 Å². The number of hydrogen-bond donors (Lipinski definition) is 2. The molecule has 98 valence electrons. The summed E-state index contributed by atoms with van der Waals surface area (Å²) in [5.41, 5.74) is 1.17. The molecule has 0 atom stereocenters. The number of benzene rings is 1. The third kappa shape index (κ3) is 3.03. The second-order valence-electron chi connectivity index (χ2n) is 5.59. The van der Waals surface area contributed by atoms with Crippen LogP contribution in [-0.2, 0) is 6.54 Å². The first-order chi connectivity index (χ1) is 8.81. The first kappa shape index (κ1) is 12.0. The molecule has 1 saturated carbocycles. The number of hydrogen-bond acceptors (Lipinski definition) is 3. The number of phenols is 1. The van der Waals surface area contributed by atoms with E-state index in [4.69, 9.17) is 0 Å². The van der Waals surface area contributed by atoms with Crippen molar-refractivity contribution in [2.75, 3.05) is 13.1 Å². The molecule has 2 fully saturated rings. The summed E-state index contributed by atoms with van der Waals surface area (Å²) >= 11 is 0. The largest absolute Gasteiger partial charge is 0.508 e. The van der Waals surface area contributed by atoms with Crippen molar-refractivity contribution in [1.82, 2.24) is 10.2 Å². The number of nitrogens with one attached hydrogen (secondary N) is 1. The number of piperidine rings is 1. The van der Waals surface area contributed by atoms with E-state index in [1.165, 1.54) is 44.3 Å². The second kappa shape index (κ2) is 5.29. The molecular weight excluding hydrogens is 224 g/mol. The Morgan fingerprint density at radius 2 is 1.94 bits per heavy atom. The molecule has 0 unspecified atom stereocenters. The maximum absolute atomic E-state index is 9.42. The molecule has 3 rings (SSSR count). The third-order valence-electron chi connectivity index (χ3n) is 4.10. The van der Waals surface area contributed by atoms with Crippen LogP contribution in [0.5, 0.6) is 5.75 Å². The van der Waals surface area contributed by atoms with E-state index in [1.807, 2.05) is 12.1 Å². The summed E-state index contributed by atoms with van der Waals surface area (Å²) in [5, 5.41) is 13.0. The fourth-order valence-corrected chi connectivity index (χ4v) is 2.84. The van der Waals surface area contributed by atoms with Gasteiger partial charge in [-0.25, -0.2) is 0 Å². The number of phenolic OH excluding ortho intramolecular Hbond substituents is 1. The van der Waals surface area contributed by atoms with Crippen LogP contribution in [0.25, 0.3) is 0 Å². The lowest BCUT2D eigenvalue weighted by molar-refractivity contribution is 0.189. The minimum absolute atomic E-state index is 0.359. The summed E-state index contributed by atoms with van der Waals surface area (Å²) in [7, 11) is 0. The maximum atomic E-state index is 9.42. The highest BCUT2D eigenvalue weighted by atomic mass is 16.3. The van der Waals surface area contributed by atoms with E-state index in [-0.39, 0.29) is 0 Å². The third-order valence-corrected chi connectivity index (χ3v) is 4.10. The molecule has 0 aromatic heterocycles. The fourth-order valence-electron chi connectivity index (χ4n) is 2.84. The first-order valence-electron chi connectivity index (χ1n) is 7.06. The number of rotatable bonds is 4. The van der Waals surface area contributed by atoms with Crippen LogP contribution in [0, 0.1) is 0 Å². The molecule has 1 heterocycles. The lowest BCUT2D eigenvalue weighted by Crippen LogP contribution is -2.43. The van der Waals surface area contributed by atoms with Crippen LogP contribution in [0.1, 0.15) is 31.2 Å². The predicted octanol–water partition coefficient (Wildman–Crippen LogP) is 2.11. The van der Waals surface area contributed by atoms with Crippen LogP contribution < -0.4 is 5.32 Å². The van der Waals surface area contributed by atoms with Crippen LogP contribution in [-0.4, -0.2) is 35.2 Å². The Balaban J connectivity index is 1.43. The van der Waals surface area contributed by atoms with Crippen molar-refractivity contribution in [2.24, 2.45) is 0 Å². The van der Waals surface area contributed by atoms with Gasteiger partial charge in [0.05, 0.1) is 0 Å². The Hall–Kier alpha value is -1.06. The van der Waals surface area contributed by atoms with E-state index in [2.05, 4.69) is 16.3 Å². The van der Waals surface area contributed by atoms with Gasteiger partial charge >= 0.3 is 0 Å².